The molecule has 0 aliphatic carbocycles. The van der Waals surface area contributed by atoms with Gasteiger partial charge in [-0.15, -0.1) is 0 Å². The number of carbonyl (C=O) groups excluding carboxylic acids is 1. The van der Waals surface area contributed by atoms with E-state index in [0.717, 1.165) is 0 Å². The molecule has 0 fully saturated rings. The lowest BCUT2D eigenvalue weighted by Gasteiger charge is -2.07. The molecular formula is C13H7Cl2N2O3. The van der Waals surface area contributed by atoms with Crippen molar-refractivity contribution in [2.75, 3.05) is 5.32 Å². The number of halogens is 2. The average Bonchev–Trinajstić information content (AvgIpc) is 2.40. The van der Waals surface area contributed by atoms with Crippen molar-refractivity contribution < 1.29 is 9.72 Å². The number of non-ortho nitro benzene ring substituents is 1. The maximum Gasteiger partial charge on any atom is 0.271 e. The number of benzene rings is 2. The standard InChI is InChI=1S/C13H7Cl2N2O3/c14-9-3-1-2-8(6-9)13(18)16-12-5-4-10(17(19)20)7-11(12)15/h1,3-7H,(H,16,18). The van der Waals surface area contributed by atoms with Crippen LogP contribution >= 0.6 is 23.2 Å². The molecule has 20 heavy (non-hydrogen) atoms. The number of nitrogens with zero attached hydrogens (tertiary/aromatic N) is 1. The Morgan fingerprint density at radius 2 is 2.00 bits per heavy atom. The molecule has 2 rings (SSSR count). The Hall–Kier alpha value is -2.11. The molecule has 5 nitrogen and oxygen atoms in total. The number of nitro benzene ring substituents is 1. The van der Waals surface area contributed by atoms with Crippen molar-refractivity contribution in [3.63, 3.8) is 0 Å². The number of anilines is 1. The Morgan fingerprint density at radius 1 is 1.25 bits per heavy atom. The molecule has 0 saturated carbocycles. The van der Waals surface area contributed by atoms with Crippen molar-refractivity contribution in [2.24, 2.45) is 0 Å². The summed E-state index contributed by atoms with van der Waals surface area (Å²) < 4.78 is 0. The van der Waals surface area contributed by atoms with E-state index < -0.39 is 10.8 Å². The van der Waals surface area contributed by atoms with Gasteiger partial charge in [-0.1, -0.05) is 29.3 Å². The molecule has 0 saturated heterocycles. The lowest BCUT2D eigenvalue weighted by atomic mass is 10.2. The largest absolute Gasteiger partial charge is 0.321 e. The zero-order chi connectivity index (χ0) is 14.7. The number of rotatable bonds is 3. The van der Waals surface area contributed by atoms with Gasteiger partial charge in [0.05, 0.1) is 15.6 Å². The topological polar surface area (TPSA) is 72.2 Å². The lowest BCUT2D eigenvalue weighted by molar-refractivity contribution is -0.384. The summed E-state index contributed by atoms with van der Waals surface area (Å²) in [7, 11) is 0. The van der Waals surface area contributed by atoms with Crippen LogP contribution in [0.15, 0.2) is 36.4 Å². The Labute approximate surface area is 124 Å². The molecule has 0 heterocycles. The van der Waals surface area contributed by atoms with Gasteiger partial charge in [-0.25, -0.2) is 0 Å². The molecule has 1 N–H and O–H groups in total. The molecular weight excluding hydrogens is 303 g/mol. The molecule has 2 aromatic carbocycles. The normalized spacial score (nSPS) is 10.1. The van der Waals surface area contributed by atoms with Crippen LogP contribution in [0.5, 0.6) is 0 Å². The number of hydrogen-bond donors (Lipinski definition) is 1. The van der Waals surface area contributed by atoms with Crippen molar-refractivity contribution in [1.29, 1.82) is 0 Å². The van der Waals surface area contributed by atoms with Crippen LogP contribution in [0.1, 0.15) is 10.4 Å². The Morgan fingerprint density at radius 3 is 2.60 bits per heavy atom. The molecule has 0 spiro atoms. The van der Waals surface area contributed by atoms with Crippen LogP contribution in [0.2, 0.25) is 10.0 Å². The summed E-state index contributed by atoms with van der Waals surface area (Å²) in [6.45, 7) is 0. The summed E-state index contributed by atoms with van der Waals surface area (Å²) >= 11 is 11.7. The van der Waals surface area contributed by atoms with Crippen molar-refractivity contribution in [1.82, 2.24) is 0 Å². The zero-order valence-electron chi connectivity index (χ0n) is 9.89. The SMILES string of the molecule is O=C(Nc1ccc([N+](=O)[O-])cc1Cl)c1[c]ccc(Cl)c1. The van der Waals surface area contributed by atoms with E-state index in [-0.39, 0.29) is 22.0 Å². The van der Waals surface area contributed by atoms with E-state index in [1.807, 2.05) is 0 Å². The van der Waals surface area contributed by atoms with Crippen LogP contribution in [0.4, 0.5) is 11.4 Å². The first-order chi connectivity index (χ1) is 9.47. The van der Waals surface area contributed by atoms with Crippen molar-refractivity contribution >= 4 is 40.5 Å². The number of hydrogen-bond acceptors (Lipinski definition) is 3. The molecule has 0 aliphatic heterocycles. The van der Waals surface area contributed by atoms with Crippen LogP contribution in [-0.4, -0.2) is 10.8 Å². The highest BCUT2D eigenvalue weighted by molar-refractivity contribution is 6.34. The van der Waals surface area contributed by atoms with Crippen molar-refractivity contribution in [3.8, 4) is 0 Å². The third kappa shape index (κ3) is 3.26. The van der Waals surface area contributed by atoms with E-state index in [0.29, 0.717) is 5.02 Å². The van der Waals surface area contributed by atoms with Gasteiger partial charge in [-0.05, 0) is 24.3 Å². The lowest BCUT2D eigenvalue weighted by Crippen LogP contribution is -2.12. The van der Waals surface area contributed by atoms with Gasteiger partial charge in [-0.2, -0.15) is 0 Å². The fourth-order valence-corrected chi connectivity index (χ4v) is 1.87. The second-order valence-electron chi connectivity index (χ2n) is 3.80. The highest BCUT2D eigenvalue weighted by Crippen LogP contribution is 2.27. The molecule has 101 valence electrons. The Kier molecular flexibility index (Phi) is 4.22. The van der Waals surface area contributed by atoms with Gasteiger partial charge in [0.25, 0.3) is 11.6 Å². The first kappa shape index (κ1) is 14.3. The first-order valence-corrected chi connectivity index (χ1v) is 6.15. The summed E-state index contributed by atoms with van der Waals surface area (Å²) in [6, 6.07) is 11.1. The van der Waals surface area contributed by atoms with Crippen LogP contribution in [0.3, 0.4) is 0 Å². The van der Waals surface area contributed by atoms with Crippen LogP contribution < -0.4 is 5.32 Å². The number of amides is 1. The molecule has 7 heteroatoms. The predicted molar refractivity (Wildman–Crippen MR) is 76.3 cm³/mol. The molecule has 1 amide bonds. The molecule has 2 aromatic rings. The minimum Gasteiger partial charge on any atom is -0.321 e. The first-order valence-electron chi connectivity index (χ1n) is 5.40. The molecule has 1 radical (unpaired) electrons. The van der Waals surface area contributed by atoms with Crippen LogP contribution in [0, 0.1) is 16.2 Å². The number of carbonyl (C=O) groups is 1. The van der Waals surface area contributed by atoms with E-state index in [4.69, 9.17) is 23.2 Å². The van der Waals surface area contributed by atoms with E-state index in [9.17, 15) is 14.9 Å². The van der Waals surface area contributed by atoms with E-state index in [2.05, 4.69) is 11.4 Å². The number of nitrogens with one attached hydrogen (secondary N) is 1. The summed E-state index contributed by atoms with van der Waals surface area (Å²) in [5.41, 5.74) is 0.366. The van der Waals surface area contributed by atoms with E-state index in [1.54, 1.807) is 6.07 Å². The second kappa shape index (κ2) is 5.90. The smallest absolute Gasteiger partial charge is 0.271 e. The van der Waals surface area contributed by atoms with Crippen molar-refractivity contribution in [2.45, 2.75) is 0 Å². The molecule has 0 aliphatic rings. The van der Waals surface area contributed by atoms with Crippen LogP contribution in [0.25, 0.3) is 0 Å². The minimum absolute atomic E-state index is 0.0783. The molecule has 0 bridgehead atoms. The summed E-state index contributed by atoms with van der Waals surface area (Å²) in [6.07, 6.45) is 0. The third-order valence-corrected chi connectivity index (χ3v) is 2.97. The van der Waals surface area contributed by atoms with Gasteiger partial charge in [0, 0.05) is 22.7 Å². The minimum atomic E-state index is -0.567. The van der Waals surface area contributed by atoms with Gasteiger partial charge in [-0.3, -0.25) is 14.9 Å². The number of nitro groups is 1. The molecule has 0 unspecified atom stereocenters. The van der Waals surface area contributed by atoms with E-state index >= 15 is 0 Å². The quantitative estimate of drug-likeness (QED) is 0.689. The Balaban J connectivity index is 2.22. The van der Waals surface area contributed by atoms with Gasteiger partial charge in [0.2, 0.25) is 0 Å². The Bertz CT molecular complexity index is 689. The average molecular weight is 310 g/mol. The highest BCUT2D eigenvalue weighted by atomic mass is 35.5. The van der Waals surface area contributed by atoms with Gasteiger partial charge >= 0.3 is 0 Å². The zero-order valence-corrected chi connectivity index (χ0v) is 11.4. The van der Waals surface area contributed by atoms with Gasteiger partial charge in [0.15, 0.2) is 0 Å². The fraction of sp³-hybridized carbons (Fsp3) is 0. The summed E-state index contributed by atoms with van der Waals surface area (Å²) in [5.74, 6) is -0.455. The highest BCUT2D eigenvalue weighted by Gasteiger charge is 2.12. The molecule has 0 aromatic heterocycles. The monoisotopic (exact) mass is 309 g/mol. The maximum absolute atomic E-state index is 11.9. The van der Waals surface area contributed by atoms with Crippen molar-refractivity contribution in [3.05, 3.63) is 68.2 Å². The summed E-state index contributed by atoms with van der Waals surface area (Å²) in [4.78, 5) is 22.0. The van der Waals surface area contributed by atoms with Gasteiger partial charge < -0.3 is 5.32 Å². The molecule has 0 atom stereocenters. The van der Waals surface area contributed by atoms with E-state index in [1.165, 1.54) is 30.3 Å². The maximum atomic E-state index is 11.9. The third-order valence-electron chi connectivity index (χ3n) is 2.42. The second-order valence-corrected chi connectivity index (χ2v) is 4.64. The van der Waals surface area contributed by atoms with Crippen LogP contribution in [-0.2, 0) is 0 Å². The summed E-state index contributed by atoms with van der Waals surface area (Å²) in [5, 5.41) is 13.6. The predicted octanol–water partition coefficient (Wildman–Crippen LogP) is 3.95. The fourth-order valence-electron chi connectivity index (χ4n) is 1.48. The van der Waals surface area contributed by atoms with Gasteiger partial charge in [0.1, 0.15) is 0 Å².